The summed E-state index contributed by atoms with van der Waals surface area (Å²) in [4.78, 5) is 12.6. The van der Waals surface area contributed by atoms with E-state index in [2.05, 4.69) is 11.4 Å². The van der Waals surface area contributed by atoms with E-state index >= 15 is 0 Å². The molecule has 1 aliphatic rings. The van der Waals surface area contributed by atoms with E-state index in [1.807, 2.05) is 31.2 Å². The Morgan fingerprint density at radius 3 is 2.91 bits per heavy atom. The highest BCUT2D eigenvalue weighted by Crippen LogP contribution is 2.33. The number of carbonyl (C=O) groups excluding carboxylic acids is 1. The molecule has 3 rings (SSSR count). The third-order valence-corrected chi connectivity index (χ3v) is 3.86. The average molecular weight is 297 g/mol. The van der Waals surface area contributed by atoms with Crippen LogP contribution in [0.2, 0.25) is 0 Å². The van der Waals surface area contributed by atoms with Crippen molar-refractivity contribution in [3.8, 4) is 11.5 Å². The van der Waals surface area contributed by atoms with Gasteiger partial charge in [-0.15, -0.1) is 0 Å². The normalized spacial score (nSPS) is 16.4. The fraction of sp³-hybridized carbons (Fsp3) is 0.278. The van der Waals surface area contributed by atoms with Gasteiger partial charge in [-0.25, -0.2) is 0 Å². The van der Waals surface area contributed by atoms with Gasteiger partial charge in [-0.3, -0.25) is 4.79 Å². The van der Waals surface area contributed by atoms with Crippen molar-refractivity contribution in [2.24, 2.45) is 0 Å². The van der Waals surface area contributed by atoms with Gasteiger partial charge in [0.15, 0.2) is 0 Å². The van der Waals surface area contributed by atoms with E-state index in [0.717, 1.165) is 23.3 Å². The number of rotatable bonds is 3. The van der Waals surface area contributed by atoms with Gasteiger partial charge in [0.25, 0.3) is 5.91 Å². The van der Waals surface area contributed by atoms with Gasteiger partial charge < -0.3 is 14.8 Å². The summed E-state index contributed by atoms with van der Waals surface area (Å²) in [5.41, 5.74) is 2.74. The molecule has 0 aromatic heterocycles. The molecule has 4 heteroatoms. The molecule has 0 radical (unpaired) electrons. The molecule has 1 aliphatic heterocycles. The number of methoxy groups -OCH3 is 1. The van der Waals surface area contributed by atoms with Crippen molar-refractivity contribution >= 4 is 5.91 Å². The number of ether oxygens (including phenoxy) is 2. The number of benzene rings is 2. The van der Waals surface area contributed by atoms with Gasteiger partial charge in [0.1, 0.15) is 11.5 Å². The number of fused-ring (bicyclic) bond motifs is 1. The molecule has 1 atom stereocenters. The molecule has 0 bridgehead atoms. The number of hydrogen-bond acceptors (Lipinski definition) is 3. The van der Waals surface area contributed by atoms with Crippen LogP contribution in [0.1, 0.15) is 33.9 Å². The fourth-order valence-corrected chi connectivity index (χ4v) is 2.73. The zero-order chi connectivity index (χ0) is 15.5. The Kier molecular flexibility index (Phi) is 4.00. The van der Waals surface area contributed by atoms with Crippen LogP contribution in [-0.2, 0) is 0 Å². The summed E-state index contributed by atoms with van der Waals surface area (Å²) in [6, 6.07) is 13.3. The van der Waals surface area contributed by atoms with Gasteiger partial charge in [0.2, 0.25) is 0 Å². The van der Waals surface area contributed by atoms with Crippen LogP contribution in [0.25, 0.3) is 0 Å². The standard InChI is InChI=1S/C18H19NO3/c1-12-7-8-17-14(11-12)15(9-10-22-17)19-18(20)13-5-3-4-6-16(13)21-2/h3-8,11,15H,9-10H2,1-2H3,(H,19,20). The number of carbonyl (C=O) groups is 1. The molecule has 4 nitrogen and oxygen atoms in total. The molecular weight excluding hydrogens is 278 g/mol. The summed E-state index contributed by atoms with van der Waals surface area (Å²) in [5.74, 6) is 1.30. The lowest BCUT2D eigenvalue weighted by atomic mass is 9.98. The summed E-state index contributed by atoms with van der Waals surface area (Å²) in [5, 5.41) is 3.09. The Morgan fingerprint density at radius 2 is 2.09 bits per heavy atom. The highest BCUT2D eigenvalue weighted by molar-refractivity contribution is 5.97. The molecule has 0 saturated heterocycles. The first-order valence-electron chi connectivity index (χ1n) is 7.36. The zero-order valence-corrected chi connectivity index (χ0v) is 12.8. The van der Waals surface area contributed by atoms with Gasteiger partial charge >= 0.3 is 0 Å². The van der Waals surface area contributed by atoms with Crippen LogP contribution in [0.4, 0.5) is 0 Å². The lowest BCUT2D eigenvalue weighted by Gasteiger charge is -2.27. The molecule has 1 unspecified atom stereocenters. The molecule has 1 heterocycles. The van der Waals surface area contributed by atoms with E-state index in [1.54, 1.807) is 19.2 Å². The van der Waals surface area contributed by atoms with E-state index in [0.29, 0.717) is 17.9 Å². The molecule has 2 aromatic rings. The molecule has 1 amide bonds. The molecule has 0 aliphatic carbocycles. The molecule has 2 aromatic carbocycles. The third-order valence-electron chi connectivity index (χ3n) is 3.86. The van der Waals surface area contributed by atoms with Crippen LogP contribution in [0.3, 0.4) is 0 Å². The van der Waals surface area contributed by atoms with E-state index < -0.39 is 0 Å². The Hall–Kier alpha value is -2.49. The number of nitrogens with one attached hydrogen (secondary N) is 1. The summed E-state index contributed by atoms with van der Waals surface area (Å²) in [6.45, 7) is 2.64. The maximum Gasteiger partial charge on any atom is 0.255 e. The van der Waals surface area contributed by atoms with E-state index in [4.69, 9.17) is 9.47 Å². The molecule has 0 fully saturated rings. The van der Waals surface area contributed by atoms with Crippen molar-refractivity contribution in [3.63, 3.8) is 0 Å². The minimum absolute atomic E-state index is 0.0407. The average Bonchev–Trinajstić information content (AvgIpc) is 2.55. The van der Waals surface area contributed by atoms with Crippen LogP contribution < -0.4 is 14.8 Å². The quantitative estimate of drug-likeness (QED) is 0.946. The van der Waals surface area contributed by atoms with Crippen molar-refractivity contribution in [1.29, 1.82) is 0 Å². The Labute approximate surface area is 130 Å². The Balaban J connectivity index is 1.85. The maximum atomic E-state index is 12.6. The van der Waals surface area contributed by atoms with Crippen molar-refractivity contribution in [3.05, 3.63) is 59.2 Å². The maximum absolute atomic E-state index is 12.6. The van der Waals surface area contributed by atoms with Crippen molar-refractivity contribution in [2.45, 2.75) is 19.4 Å². The van der Waals surface area contributed by atoms with Crippen molar-refractivity contribution < 1.29 is 14.3 Å². The van der Waals surface area contributed by atoms with E-state index in [9.17, 15) is 4.79 Å². The van der Waals surface area contributed by atoms with Crippen LogP contribution >= 0.6 is 0 Å². The highest BCUT2D eigenvalue weighted by atomic mass is 16.5. The Morgan fingerprint density at radius 1 is 1.27 bits per heavy atom. The van der Waals surface area contributed by atoms with Gasteiger partial charge in [0.05, 0.1) is 25.3 Å². The second-order valence-corrected chi connectivity index (χ2v) is 5.40. The predicted molar refractivity (Wildman–Crippen MR) is 84.5 cm³/mol. The van der Waals surface area contributed by atoms with Gasteiger partial charge in [-0.2, -0.15) is 0 Å². The van der Waals surface area contributed by atoms with Gasteiger partial charge in [-0.1, -0.05) is 29.8 Å². The van der Waals surface area contributed by atoms with Crippen LogP contribution in [0.15, 0.2) is 42.5 Å². The molecule has 0 spiro atoms. The minimum atomic E-state index is -0.128. The monoisotopic (exact) mass is 297 g/mol. The van der Waals surface area contributed by atoms with Crippen LogP contribution in [0.5, 0.6) is 11.5 Å². The van der Waals surface area contributed by atoms with Crippen molar-refractivity contribution in [2.75, 3.05) is 13.7 Å². The van der Waals surface area contributed by atoms with Crippen LogP contribution in [0, 0.1) is 6.92 Å². The van der Waals surface area contributed by atoms with Crippen LogP contribution in [-0.4, -0.2) is 19.6 Å². The number of para-hydroxylation sites is 1. The topological polar surface area (TPSA) is 47.6 Å². The lowest BCUT2D eigenvalue weighted by Crippen LogP contribution is -2.32. The molecule has 0 saturated carbocycles. The molecule has 22 heavy (non-hydrogen) atoms. The van der Waals surface area contributed by atoms with Gasteiger partial charge in [-0.05, 0) is 25.1 Å². The first-order valence-corrected chi connectivity index (χ1v) is 7.36. The summed E-state index contributed by atoms with van der Waals surface area (Å²) >= 11 is 0. The van der Waals surface area contributed by atoms with Crippen molar-refractivity contribution in [1.82, 2.24) is 5.32 Å². The second kappa shape index (κ2) is 6.10. The van der Waals surface area contributed by atoms with E-state index in [-0.39, 0.29) is 11.9 Å². The number of hydrogen-bond donors (Lipinski definition) is 1. The highest BCUT2D eigenvalue weighted by Gasteiger charge is 2.24. The first kappa shape index (κ1) is 14.4. The number of aryl methyl sites for hydroxylation is 1. The first-order chi connectivity index (χ1) is 10.7. The summed E-state index contributed by atoms with van der Waals surface area (Å²) in [6.07, 6.45) is 0.761. The lowest BCUT2D eigenvalue weighted by molar-refractivity contribution is 0.0921. The third kappa shape index (κ3) is 2.77. The molecule has 114 valence electrons. The SMILES string of the molecule is COc1ccccc1C(=O)NC1CCOc2ccc(C)cc21. The fourth-order valence-electron chi connectivity index (χ4n) is 2.73. The largest absolute Gasteiger partial charge is 0.496 e. The smallest absolute Gasteiger partial charge is 0.255 e. The van der Waals surface area contributed by atoms with Gasteiger partial charge in [0, 0.05) is 12.0 Å². The second-order valence-electron chi connectivity index (χ2n) is 5.40. The molecule has 1 N–H and O–H groups in total. The number of amides is 1. The van der Waals surface area contributed by atoms with E-state index in [1.165, 1.54) is 0 Å². The molecular formula is C18H19NO3. The summed E-state index contributed by atoms with van der Waals surface area (Å²) < 4.78 is 10.9. The Bertz CT molecular complexity index is 696. The zero-order valence-electron chi connectivity index (χ0n) is 12.8. The predicted octanol–water partition coefficient (Wildman–Crippen LogP) is 3.26. The minimum Gasteiger partial charge on any atom is -0.496 e. The summed E-state index contributed by atoms with van der Waals surface area (Å²) in [7, 11) is 1.57.